The maximum Gasteiger partial charge on any atom is 0.210 e. The van der Waals surface area contributed by atoms with Crippen LogP contribution >= 0.6 is 0 Å². The van der Waals surface area contributed by atoms with Crippen molar-refractivity contribution in [2.45, 2.75) is 0 Å². The molecular formula is C7H12N4O2S. The average Bonchev–Trinajstić information content (AvgIpc) is 2.01. The molecule has 6 nitrogen and oxygen atoms in total. The van der Waals surface area contributed by atoms with Crippen LogP contribution in [0.25, 0.3) is 0 Å². The predicted octanol–water partition coefficient (Wildman–Crippen LogP) is -0.636. The fourth-order valence-corrected chi connectivity index (χ4v) is 1.25. The second-order valence-corrected chi connectivity index (χ2v) is 4.50. The minimum absolute atomic E-state index is 0.135. The lowest BCUT2D eigenvalue weighted by Crippen LogP contribution is -2.22. The molecular weight excluding hydrogens is 204 g/mol. The van der Waals surface area contributed by atoms with Gasteiger partial charge < -0.3 is 11.1 Å². The maximum absolute atomic E-state index is 10.6. The molecule has 1 rings (SSSR count). The van der Waals surface area contributed by atoms with E-state index in [-0.39, 0.29) is 12.3 Å². The average molecular weight is 216 g/mol. The van der Waals surface area contributed by atoms with Gasteiger partial charge in [-0.2, -0.15) is 0 Å². The number of anilines is 2. The van der Waals surface area contributed by atoms with Crippen LogP contribution in [0.5, 0.6) is 0 Å². The number of nitrogen functional groups attached to an aromatic ring is 1. The van der Waals surface area contributed by atoms with Gasteiger partial charge >= 0.3 is 0 Å². The highest BCUT2D eigenvalue weighted by Crippen LogP contribution is 2.06. The fourth-order valence-electron chi connectivity index (χ4n) is 0.865. The van der Waals surface area contributed by atoms with E-state index in [0.29, 0.717) is 11.5 Å². The van der Waals surface area contributed by atoms with Crippen LogP contribution in [-0.4, -0.2) is 25.7 Å². The molecule has 0 aliphatic rings. The molecule has 0 fully saturated rings. The van der Waals surface area contributed by atoms with Crippen molar-refractivity contribution in [3.8, 4) is 0 Å². The smallest absolute Gasteiger partial charge is 0.210 e. The summed E-state index contributed by atoms with van der Waals surface area (Å²) in [6, 6.07) is 3.26. The van der Waals surface area contributed by atoms with E-state index in [1.165, 1.54) is 6.20 Å². The van der Waals surface area contributed by atoms with Gasteiger partial charge in [0.25, 0.3) is 0 Å². The van der Waals surface area contributed by atoms with Crippen molar-refractivity contribution in [3.05, 3.63) is 18.3 Å². The van der Waals surface area contributed by atoms with Gasteiger partial charge in [0.15, 0.2) is 0 Å². The molecule has 14 heavy (non-hydrogen) atoms. The van der Waals surface area contributed by atoms with Crippen molar-refractivity contribution in [1.82, 2.24) is 4.98 Å². The Morgan fingerprint density at radius 2 is 2.21 bits per heavy atom. The molecule has 0 amide bonds. The summed E-state index contributed by atoms with van der Waals surface area (Å²) in [4.78, 5) is 3.93. The van der Waals surface area contributed by atoms with Gasteiger partial charge in [-0.1, -0.05) is 0 Å². The minimum Gasteiger partial charge on any atom is -0.399 e. The molecule has 0 radical (unpaired) electrons. The van der Waals surface area contributed by atoms with Crippen LogP contribution in [0.1, 0.15) is 0 Å². The number of nitrogens with two attached hydrogens (primary N) is 2. The van der Waals surface area contributed by atoms with Crippen molar-refractivity contribution in [2.75, 3.05) is 23.3 Å². The number of rotatable bonds is 4. The van der Waals surface area contributed by atoms with Gasteiger partial charge in [-0.3, -0.25) is 0 Å². The van der Waals surface area contributed by atoms with Gasteiger partial charge in [0, 0.05) is 24.5 Å². The first-order valence-electron chi connectivity index (χ1n) is 3.93. The Labute approximate surface area is 82.4 Å². The highest BCUT2D eigenvalue weighted by molar-refractivity contribution is 7.89. The van der Waals surface area contributed by atoms with E-state index in [2.05, 4.69) is 10.3 Å². The topological polar surface area (TPSA) is 111 Å². The third kappa shape index (κ3) is 4.06. The summed E-state index contributed by atoms with van der Waals surface area (Å²) in [5.74, 6) is 0.400. The van der Waals surface area contributed by atoms with E-state index >= 15 is 0 Å². The molecule has 0 unspecified atom stereocenters. The Morgan fingerprint density at radius 1 is 1.50 bits per heavy atom. The Hall–Kier alpha value is -1.34. The first kappa shape index (κ1) is 10.7. The number of primary sulfonamides is 1. The van der Waals surface area contributed by atoms with E-state index in [4.69, 9.17) is 10.9 Å². The number of pyridine rings is 1. The molecule has 5 N–H and O–H groups in total. The fraction of sp³-hybridized carbons (Fsp3) is 0.286. The van der Waals surface area contributed by atoms with Crippen LogP contribution in [0.4, 0.5) is 11.5 Å². The normalized spacial score (nSPS) is 11.2. The number of nitrogens with zero attached hydrogens (tertiary/aromatic N) is 1. The first-order valence-corrected chi connectivity index (χ1v) is 5.65. The molecule has 0 aromatic carbocycles. The van der Waals surface area contributed by atoms with E-state index in [9.17, 15) is 8.42 Å². The highest BCUT2D eigenvalue weighted by atomic mass is 32.2. The van der Waals surface area contributed by atoms with E-state index < -0.39 is 10.0 Å². The molecule has 0 saturated heterocycles. The number of aromatic nitrogens is 1. The summed E-state index contributed by atoms with van der Waals surface area (Å²) in [5.41, 5.74) is 6.06. The zero-order valence-corrected chi connectivity index (χ0v) is 8.29. The number of nitrogens with one attached hydrogen (secondary N) is 1. The largest absolute Gasteiger partial charge is 0.399 e. The van der Waals surface area contributed by atoms with Crippen LogP contribution in [-0.2, 0) is 10.0 Å². The van der Waals surface area contributed by atoms with E-state index in [1.807, 2.05) is 0 Å². The monoisotopic (exact) mass is 216 g/mol. The van der Waals surface area contributed by atoms with Gasteiger partial charge in [0.1, 0.15) is 5.82 Å². The molecule has 0 bridgehead atoms. The Morgan fingerprint density at radius 3 is 2.79 bits per heavy atom. The van der Waals surface area contributed by atoms with Crippen molar-refractivity contribution >= 4 is 21.5 Å². The quantitative estimate of drug-likeness (QED) is 0.620. The zero-order chi connectivity index (χ0) is 10.6. The summed E-state index contributed by atoms with van der Waals surface area (Å²) in [7, 11) is -3.43. The Kier molecular flexibility index (Phi) is 3.26. The minimum atomic E-state index is -3.43. The predicted molar refractivity (Wildman–Crippen MR) is 55.1 cm³/mol. The van der Waals surface area contributed by atoms with Gasteiger partial charge in [0.2, 0.25) is 10.0 Å². The van der Waals surface area contributed by atoms with Crippen molar-refractivity contribution in [1.29, 1.82) is 0 Å². The van der Waals surface area contributed by atoms with E-state index in [1.54, 1.807) is 12.1 Å². The summed E-state index contributed by atoms with van der Waals surface area (Å²) in [5, 5.41) is 7.61. The number of hydrogen-bond acceptors (Lipinski definition) is 5. The second kappa shape index (κ2) is 4.25. The first-order chi connectivity index (χ1) is 6.47. The zero-order valence-electron chi connectivity index (χ0n) is 7.47. The summed E-state index contributed by atoms with van der Waals surface area (Å²) in [6.07, 6.45) is 1.54. The van der Waals surface area contributed by atoms with Gasteiger partial charge in [-0.05, 0) is 6.07 Å². The SMILES string of the molecule is Nc1ccnc(NCCS(N)(=O)=O)c1. The molecule has 0 aliphatic heterocycles. The van der Waals surface area contributed by atoms with Crippen LogP contribution in [0, 0.1) is 0 Å². The van der Waals surface area contributed by atoms with Crippen molar-refractivity contribution in [2.24, 2.45) is 5.14 Å². The Balaban J connectivity index is 2.47. The molecule has 1 heterocycles. The van der Waals surface area contributed by atoms with Gasteiger partial charge in [-0.25, -0.2) is 18.5 Å². The van der Waals surface area contributed by atoms with Crippen molar-refractivity contribution < 1.29 is 8.42 Å². The molecule has 78 valence electrons. The third-order valence-electron chi connectivity index (χ3n) is 1.48. The summed E-state index contributed by atoms with van der Waals surface area (Å²) >= 11 is 0. The lowest BCUT2D eigenvalue weighted by molar-refractivity contribution is 0.598. The van der Waals surface area contributed by atoms with Crippen LogP contribution in [0.2, 0.25) is 0 Å². The maximum atomic E-state index is 10.6. The molecule has 0 aliphatic carbocycles. The second-order valence-electron chi connectivity index (χ2n) is 2.77. The van der Waals surface area contributed by atoms with Crippen LogP contribution in [0.15, 0.2) is 18.3 Å². The molecule has 0 saturated carbocycles. The summed E-state index contributed by atoms with van der Waals surface area (Å²) in [6.45, 7) is 0.218. The van der Waals surface area contributed by atoms with Crippen molar-refractivity contribution in [3.63, 3.8) is 0 Å². The van der Waals surface area contributed by atoms with Crippen LogP contribution in [0.3, 0.4) is 0 Å². The lowest BCUT2D eigenvalue weighted by Gasteiger charge is -2.04. The lowest BCUT2D eigenvalue weighted by atomic mass is 10.4. The van der Waals surface area contributed by atoms with Gasteiger partial charge in [-0.15, -0.1) is 0 Å². The van der Waals surface area contributed by atoms with Gasteiger partial charge in [0.05, 0.1) is 5.75 Å². The van der Waals surface area contributed by atoms with Crippen LogP contribution < -0.4 is 16.2 Å². The molecule has 7 heteroatoms. The Bertz CT molecular complexity index is 404. The number of sulfonamides is 1. The molecule has 0 spiro atoms. The molecule has 1 aromatic rings. The third-order valence-corrected chi connectivity index (χ3v) is 2.25. The van der Waals surface area contributed by atoms with E-state index in [0.717, 1.165) is 0 Å². The molecule has 0 atom stereocenters. The summed E-state index contributed by atoms with van der Waals surface area (Å²) < 4.78 is 21.2. The standard InChI is InChI=1S/C7H12N4O2S/c8-6-1-2-10-7(5-6)11-3-4-14(9,12)13/h1-2,5H,3-4H2,(H3,8,10,11)(H2,9,12,13). The highest BCUT2D eigenvalue weighted by Gasteiger charge is 2.01. The number of hydrogen-bond donors (Lipinski definition) is 3. The molecule has 1 aromatic heterocycles.